The van der Waals surface area contributed by atoms with Crippen molar-refractivity contribution in [3.63, 3.8) is 0 Å². The van der Waals surface area contributed by atoms with Crippen LogP contribution in [0.2, 0.25) is 0 Å². The van der Waals surface area contributed by atoms with Gasteiger partial charge in [0.2, 0.25) is 0 Å². The molecule has 0 unspecified atom stereocenters. The fraction of sp³-hybridized carbons (Fsp3) is 0.837. The predicted octanol–water partition coefficient (Wildman–Crippen LogP) is 3.74. The molecule has 320 valence electrons. The van der Waals surface area contributed by atoms with Crippen LogP contribution in [-0.4, -0.2) is 150 Å². The van der Waals surface area contributed by atoms with E-state index in [1.807, 2.05) is 64.9 Å². The second kappa shape index (κ2) is 18.6. The quantitative estimate of drug-likeness (QED) is 0.284. The summed E-state index contributed by atoms with van der Waals surface area (Å²) in [5, 5.41) is 38.2. The molecule has 1 spiro atoms. The molecule has 2 bridgehead atoms. The van der Waals surface area contributed by atoms with E-state index in [9.17, 15) is 20.1 Å². The van der Waals surface area contributed by atoms with E-state index in [4.69, 9.17) is 28.4 Å². The second-order valence-electron chi connectivity index (χ2n) is 18.1. The van der Waals surface area contributed by atoms with Crippen molar-refractivity contribution < 1.29 is 48.5 Å². The summed E-state index contributed by atoms with van der Waals surface area (Å²) in [6, 6.07) is 7.43. The Hall–Kier alpha value is -1.91. The van der Waals surface area contributed by atoms with Gasteiger partial charge in [-0.2, -0.15) is 0 Å². The van der Waals surface area contributed by atoms with E-state index in [1.165, 1.54) is 6.92 Å². The lowest BCUT2D eigenvalue weighted by Gasteiger charge is -2.49. The molecule has 0 radical (unpaired) electrons. The number of likely N-dealkylation sites (N-methyl/N-ethyl adjacent to an activating group) is 1. The molecule has 4 saturated heterocycles. The largest absolute Gasteiger partial charge is 0.496 e. The first-order valence-electron chi connectivity index (χ1n) is 21.1. The third-order valence-electron chi connectivity index (χ3n) is 13.2. The third kappa shape index (κ3) is 9.92. The Balaban J connectivity index is 1.53. The van der Waals surface area contributed by atoms with Crippen molar-refractivity contribution in [1.82, 2.24) is 15.1 Å². The van der Waals surface area contributed by atoms with Gasteiger partial charge in [0.15, 0.2) is 12.1 Å². The van der Waals surface area contributed by atoms with Gasteiger partial charge < -0.3 is 58.9 Å². The maximum absolute atomic E-state index is 14.3. The Labute approximate surface area is 335 Å². The number of carbonyl (C=O) groups excluding carboxylic acids is 1. The predicted molar refractivity (Wildman–Crippen MR) is 213 cm³/mol. The fourth-order valence-corrected chi connectivity index (χ4v) is 9.86. The molecule has 4 fully saturated rings. The lowest BCUT2D eigenvalue weighted by Crippen LogP contribution is -2.60. The normalized spacial score (nSPS) is 41.8. The van der Waals surface area contributed by atoms with Gasteiger partial charge in [-0.05, 0) is 98.5 Å². The van der Waals surface area contributed by atoms with Crippen molar-refractivity contribution in [2.75, 3.05) is 47.4 Å². The highest BCUT2D eigenvalue weighted by molar-refractivity contribution is 5.73. The van der Waals surface area contributed by atoms with Crippen LogP contribution in [-0.2, 0) is 34.9 Å². The van der Waals surface area contributed by atoms with Crippen LogP contribution >= 0.6 is 0 Å². The monoisotopic (exact) mass is 792 g/mol. The lowest BCUT2D eigenvalue weighted by atomic mass is 9.78. The molecule has 5 rings (SSSR count). The maximum Gasteiger partial charge on any atom is 0.311 e. The third-order valence-corrected chi connectivity index (χ3v) is 13.2. The summed E-state index contributed by atoms with van der Waals surface area (Å²) in [7, 11) is 5.61. The Morgan fingerprint density at radius 2 is 1.73 bits per heavy atom. The second-order valence-corrected chi connectivity index (χ2v) is 18.1. The van der Waals surface area contributed by atoms with E-state index in [1.54, 1.807) is 14.0 Å². The Bertz CT molecular complexity index is 1420. The number of aliphatic hydroxyl groups excluding tert-OH is 2. The van der Waals surface area contributed by atoms with Crippen molar-refractivity contribution >= 4 is 5.97 Å². The molecule has 13 heteroatoms. The SMILES string of the molecule is CC[C@H]1OC(=O)[C@H](C)[C@H]2OC3(CCN(CCc4ccccc4OC)CC3)O[C@](C)(C[C@@H](C)CN[C@H](C)[C@@H](O)[C@]1(C)O)[C@H](O[C@@H]1O[C@H](C)C[C@H](N(C)C)[C@H]1O)[C@H]2C. The van der Waals surface area contributed by atoms with Gasteiger partial charge in [0.25, 0.3) is 0 Å². The van der Waals surface area contributed by atoms with Gasteiger partial charge >= 0.3 is 5.97 Å². The standard InChI is InChI=1S/C43H73N3O10/c1-12-34-42(8,50)37(48)30(6)44-25-26(2)24-41(7)38(54-40-35(47)32(45(9)10)23-27(3)52-40)28(4)36(29(5)39(49)53-34)55-43(56-41)18-21-46(22-19-43)20-17-31-15-13-14-16-33(31)51-11/h13-16,26-30,32,34-38,40,44,47-48,50H,12,17-25H2,1-11H3/t26-,27-,28+,29-,30-,32+,34-,35-,36+,37-,38-,40+,41-,42-/m1/s1. The van der Waals surface area contributed by atoms with E-state index in [0.29, 0.717) is 38.6 Å². The number of carbonyl (C=O) groups is 1. The molecule has 56 heavy (non-hydrogen) atoms. The van der Waals surface area contributed by atoms with Crippen LogP contribution in [0.25, 0.3) is 0 Å². The first kappa shape index (κ1) is 45.2. The Morgan fingerprint density at radius 1 is 1.05 bits per heavy atom. The minimum Gasteiger partial charge on any atom is -0.496 e. The highest BCUT2D eigenvalue weighted by atomic mass is 16.7. The molecule has 13 nitrogen and oxygen atoms in total. The number of rotatable bonds is 8. The van der Waals surface area contributed by atoms with Gasteiger partial charge in [0.05, 0.1) is 36.9 Å². The minimum absolute atomic E-state index is 0.0143. The summed E-state index contributed by atoms with van der Waals surface area (Å²) >= 11 is 0. The zero-order valence-corrected chi connectivity index (χ0v) is 35.9. The smallest absolute Gasteiger partial charge is 0.311 e. The number of nitrogens with one attached hydrogen (secondary N) is 1. The van der Waals surface area contributed by atoms with Crippen molar-refractivity contribution in [3.8, 4) is 5.75 Å². The fourth-order valence-electron chi connectivity index (χ4n) is 9.86. The number of para-hydroxylation sites is 1. The molecule has 4 aliphatic heterocycles. The number of ether oxygens (including phenoxy) is 6. The van der Waals surface area contributed by atoms with Crippen LogP contribution in [0.15, 0.2) is 24.3 Å². The van der Waals surface area contributed by atoms with Crippen LogP contribution in [0.5, 0.6) is 5.75 Å². The summed E-state index contributed by atoms with van der Waals surface area (Å²) in [5.41, 5.74) is -1.52. The summed E-state index contributed by atoms with van der Waals surface area (Å²) in [6.45, 7) is 18.0. The van der Waals surface area contributed by atoms with Crippen LogP contribution in [0.3, 0.4) is 0 Å². The number of fused-ring (bicyclic) bond motifs is 3. The average molecular weight is 792 g/mol. The van der Waals surface area contributed by atoms with Crippen LogP contribution in [0.1, 0.15) is 93.1 Å². The Morgan fingerprint density at radius 3 is 2.38 bits per heavy atom. The van der Waals surface area contributed by atoms with Crippen LogP contribution < -0.4 is 10.1 Å². The molecular formula is C43H73N3O10. The topological polar surface area (TPSA) is 152 Å². The van der Waals surface area contributed by atoms with E-state index in [0.717, 1.165) is 37.4 Å². The van der Waals surface area contributed by atoms with E-state index in [2.05, 4.69) is 30.1 Å². The number of benzene rings is 1. The number of hydrogen-bond acceptors (Lipinski definition) is 13. The van der Waals surface area contributed by atoms with Gasteiger partial charge in [-0.25, -0.2) is 0 Å². The molecule has 14 atom stereocenters. The van der Waals surface area contributed by atoms with E-state index < -0.39 is 77.6 Å². The summed E-state index contributed by atoms with van der Waals surface area (Å²) in [5.74, 6) is -1.91. The van der Waals surface area contributed by atoms with Crippen molar-refractivity contribution in [3.05, 3.63) is 29.8 Å². The maximum atomic E-state index is 14.3. The van der Waals surface area contributed by atoms with Gasteiger partial charge in [-0.3, -0.25) is 4.79 Å². The molecule has 1 aromatic rings. The van der Waals surface area contributed by atoms with Gasteiger partial charge in [-0.15, -0.1) is 0 Å². The van der Waals surface area contributed by atoms with Gasteiger partial charge in [-0.1, -0.05) is 39.0 Å². The molecule has 1 aromatic carbocycles. The summed E-state index contributed by atoms with van der Waals surface area (Å²) in [6.07, 6.45) is -2.13. The number of nitrogens with zero attached hydrogens (tertiary/aromatic N) is 2. The number of piperidine rings is 1. The molecule has 4 N–H and O–H groups in total. The minimum atomic E-state index is -1.71. The first-order valence-corrected chi connectivity index (χ1v) is 21.1. The Kier molecular flexibility index (Phi) is 15.0. The van der Waals surface area contributed by atoms with Crippen molar-refractivity contribution in [1.29, 1.82) is 0 Å². The summed E-state index contributed by atoms with van der Waals surface area (Å²) < 4.78 is 39.8. The first-order chi connectivity index (χ1) is 26.3. The van der Waals surface area contributed by atoms with Gasteiger partial charge in [0.1, 0.15) is 29.7 Å². The van der Waals surface area contributed by atoms with Crippen molar-refractivity contribution in [2.45, 2.75) is 166 Å². The van der Waals surface area contributed by atoms with Crippen molar-refractivity contribution in [2.24, 2.45) is 17.8 Å². The highest BCUT2D eigenvalue weighted by Crippen LogP contribution is 2.48. The summed E-state index contributed by atoms with van der Waals surface area (Å²) in [4.78, 5) is 18.7. The molecule has 0 aliphatic carbocycles. The van der Waals surface area contributed by atoms with E-state index >= 15 is 0 Å². The molecular weight excluding hydrogens is 718 g/mol. The molecule has 0 aromatic heterocycles. The molecule has 0 amide bonds. The molecule has 4 aliphatic rings. The van der Waals surface area contributed by atoms with Gasteiger partial charge in [0, 0.05) is 50.5 Å². The number of hydrogen-bond donors (Lipinski definition) is 4. The number of cyclic esters (lactones) is 1. The number of methoxy groups -OCH3 is 1. The number of esters is 1. The zero-order chi connectivity index (χ0) is 41.2. The zero-order valence-electron chi connectivity index (χ0n) is 35.9. The van der Waals surface area contributed by atoms with Crippen LogP contribution in [0.4, 0.5) is 0 Å². The average Bonchev–Trinajstić information content (AvgIpc) is 3.24. The molecule has 0 saturated carbocycles. The molecule has 4 heterocycles. The van der Waals surface area contributed by atoms with Crippen LogP contribution in [0, 0.1) is 17.8 Å². The number of aliphatic hydroxyl groups is 3. The highest BCUT2D eigenvalue weighted by Gasteiger charge is 2.58. The number of likely N-dealkylation sites (tertiary alicyclic amines) is 1. The van der Waals surface area contributed by atoms with E-state index in [-0.39, 0.29) is 18.1 Å². The lowest BCUT2D eigenvalue weighted by molar-refractivity contribution is -0.332.